The van der Waals surface area contributed by atoms with Gasteiger partial charge >= 0.3 is 0 Å². The number of aromatic nitrogens is 1. The van der Waals surface area contributed by atoms with Crippen LogP contribution < -0.4 is 19.7 Å². The summed E-state index contributed by atoms with van der Waals surface area (Å²) >= 11 is 0. The molecule has 0 bridgehead atoms. The van der Waals surface area contributed by atoms with Crippen molar-refractivity contribution in [1.82, 2.24) is 10.3 Å². The summed E-state index contributed by atoms with van der Waals surface area (Å²) in [5.74, 6) is -0.420. The fraction of sp³-hybridized carbons (Fsp3) is 0.174. The Morgan fingerprint density at radius 3 is 2.39 bits per heavy atom. The van der Waals surface area contributed by atoms with Crippen molar-refractivity contribution in [3.8, 4) is 5.75 Å². The Bertz CT molecular complexity index is 1220. The van der Waals surface area contributed by atoms with E-state index in [4.69, 9.17) is 4.74 Å². The number of anilines is 2. The molecule has 9 nitrogen and oxygen atoms in total. The molecule has 1 aromatic heterocycles. The average Bonchev–Trinajstić information content (AvgIpc) is 2.81. The molecule has 3 rings (SSSR count). The van der Waals surface area contributed by atoms with Crippen LogP contribution in [-0.4, -0.2) is 45.1 Å². The van der Waals surface area contributed by atoms with Gasteiger partial charge in [-0.15, -0.1) is 0 Å². The zero-order valence-electron chi connectivity index (χ0n) is 18.2. The largest absolute Gasteiger partial charge is 0.497 e. The van der Waals surface area contributed by atoms with Crippen LogP contribution >= 0.6 is 0 Å². The number of sulfonamides is 1. The molecule has 0 radical (unpaired) electrons. The van der Waals surface area contributed by atoms with Gasteiger partial charge in [0.05, 0.1) is 30.3 Å². The number of methoxy groups -OCH3 is 1. The second-order valence-corrected chi connectivity index (χ2v) is 9.01. The standard InChI is InChI=1S/C23H24N4O5S/c1-32-19-11-9-18(10-12-19)27(33(2,30)31)16-22(28)26-21-8-4-3-7-20(21)23(29)25-15-17-6-5-13-24-14-17/h3-14H,15-16H2,1-2H3,(H,25,29)(H,26,28). The van der Waals surface area contributed by atoms with E-state index in [1.54, 1.807) is 67.0 Å². The van der Waals surface area contributed by atoms with Gasteiger partial charge < -0.3 is 15.4 Å². The molecule has 33 heavy (non-hydrogen) atoms. The number of carbonyl (C=O) groups is 2. The maximum Gasteiger partial charge on any atom is 0.253 e. The maximum absolute atomic E-state index is 12.7. The maximum atomic E-state index is 12.7. The van der Waals surface area contributed by atoms with Crippen LogP contribution in [-0.2, 0) is 21.4 Å². The molecule has 10 heteroatoms. The summed E-state index contributed by atoms with van der Waals surface area (Å²) in [6, 6.07) is 16.4. The number of para-hydroxylation sites is 1. The Morgan fingerprint density at radius 1 is 1.03 bits per heavy atom. The Balaban J connectivity index is 1.73. The monoisotopic (exact) mass is 468 g/mol. The van der Waals surface area contributed by atoms with Gasteiger partial charge in [0.15, 0.2) is 0 Å². The van der Waals surface area contributed by atoms with E-state index in [-0.39, 0.29) is 23.7 Å². The second-order valence-electron chi connectivity index (χ2n) is 7.11. The van der Waals surface area contributed by atoms with Gasteiger partial charge in [0.2, 0.25) is 15.9 Å². The van der Waals surface area contributed by atoms with Crippen molar-refractivity contribution in [2.45, 2.75) is 6.54 Å². The number of hydrogen-bond donors (Lipinski definition) is 2. The fourth-order valence-electron chi connectivity index (χ4n) is 3.04. The molecule has 172 valence electrons. The number of rotatable bonds is 9. The molecule has 0 fully saturated rings. The van der Waals surface area contributed by atoms with Gasteiger partial charge in [0, 0.05) is 18.9 Å². The molecule has 0 atom stereocenters. The van der Waals surface area contributed by atoms with Crippen molar-refractivity contribution in [2.24, 2.45) is 0 Å². The van der Waals surface area contributed by atoms with E-state index in [1.807, 2.05) is 6.07 Å². The molecule has 0 unspecified atom stereocenters. The van der Waals surface area contributed by atoms with Crippen molar-refractivity contribution >= 4 is 33.2 Å². The molecular weight excluding hydrogens is 444 g/mol. The van der Waals surface area contributed by atoms with Crippen LogP contribution in [0, 0.1) is 0 Å². The highest BCUT2D eigenvalue weighted by Gasteiger charge is 2.22. The number of nitrogens with zero attached hydrogens (tertiary/aromatic N) is 2. The number of ether oxygens (including phenoxy) is 1. The predicted molar refractivity (Wildman–Crippen MR) is 126 cm³/mol. The van der Waals surface area contributed by atoms with Gasteiger partial charge in [-0.1, -0.05) is 18.2 Å². The lowest BCUT2D eigenvalue weighted by atomic mass is 10.1. The quantitative estimate of drug-likeness (QED) is 0.498. The van der Waals surface area contributed by atoms with Crippen molar-refractivity contribution in [1.29, 1.82) is 0 Å². The molecule has 0 spiro atoms. The van der Waals surface area contributed by atoms with Gasteiger partial charge in [0.1, 0.15) is 12.3 Å². The van der Waals surface area contributed by atoms with E-state index in [9.17, 15) is 18.0 Å². The number of pyridine rings is 1. The zero-order valence-corrected chi connectivity index (χ0v) is 19.0. The molecule has 0 saturated heterocycles. The molecule has 2 aromatic carbocycles. The SMILES string of the molecule is COc1ccc(N(CC(=O)Nc2ccccc2C(=O)NCc2cccnc2)S(C)(=O)=O)cc1. The van der Waals surface area contributed by atoms with Gasteiger partial charge in [0.25, 0.3) is 5.91 Å². The Morgan fingerprint density at radius 2 is 1.76 bits per heavy atom. The molecule has 0 aliphatic heterocycles. The molecule has 1 heterocycles. The molecule has 3 aromatic rings. The average molecular weight is 469 g/mol. The van der Waals surface area contributed by atoms with Crippen LogP contribution in [0.1, 0.15) is 15.9 Å². The second kappa shape index (κ2) is 10.6. The first-order valence-corrected chi connectivity index (χ1v) is 11.8. The third kappa shape index (κ3) is 6.53. The summed E-state index contributed by atoms with van der Waals surface area (Å²) in [5, 5.41) is 5.42. The molecule has 0 saturated carbocycles. The highest BCUT2D eigenvalue weighted by atomic mass is 32.2. The number of carbonyl (C=O) groups excluding carboxylic acids is 2. The third-order valence-electron chi connectivity index (χ3n) is 4.67. The lowest BCUT2D eigenvalue weighted by molar-refractivity contribution is -0.114. The van der Waals surface area contributed by atoms with Gasteiger partial charge in [-0.3, -0.25) is 18.9 Å². The smallest absolute Gasteiger partial charge is 0.253 e. The Labute approximate surface area is 192 Å². The first-order valence-electron chi connectivity index (χ1n) is 9.95. The van der Waals surface area contributed by atoms with E-state index in [0.717, 1.165) is 16.1 Å². The predicted octanol–water partition coefficient (Wildman–Crippen LogP) is 2.42. The van der Waals surface area contributed by atoms with Crippen molar-refractivity contribution in [3.63, 3.8) is 0 Å². The van der Waals surface area contributed by atoms with E-state index < -0.39 is 22.5 Å². The topological polar surface area (TPSA) is 118 Å². The molecule has 2 N–H and O–H groups in total. The molecular formula is C23H24N4O5S. The fourth-order valence-corrected chi connectivity index (χ4v) is 3.90. The van der Waals surface area contributed by atoms with E-state index in [2.05, 4.69) is 15.6 Å². The summed E-state index contributed by atoms with van der Waals surface area (Å²) in [7, 11) is -2.24. The lowest BCUT2D eigenvalue weighted by Gasteiger charge is -2.22. The van der Waals surface area contributed by atoms with Crippen molar-refractivity contribution < 1.29 is 22.7 Å². The minimum atomic E-state index is -3.74. The highest BCUT2D eigenvalue weighted by Crippen LogP contribution is 2.22. The summed E-state index contributed by atoms with van der Waals surface area (Å²) in [5.41, 5.74) is 1.67. The molecule has 2 amide bonds. The van der Waals surface area contributed by atoms with E-state index in [0.29, 0.717) is 11.4 Å². The van der Waals surface area contributed by atoms with Crippen molar-refractivity contribution in [2.75, 3.05) is 29.5 Å². The number of hydrogen-bond acceptors (Lipinski definition) is 6. The van der Waals surface area contributed by atoms with Crippen LogP contribution in [0.4, 0.5) is 11.4 Å². The number of nitrogens with one attached hydrogen (secondary N) is 2. The van der Waals surface area contributed by atoms with Gasteiger partial charge in [-0.25, -0.2) is 8.42 Å². The lowest BCUT2D eigenvalue weighted by Crippen LogP contribution is -2.37. The van der Waals surface area contributed by atoms with Crippen LogP contribution in [0.3, 0.4) is 0 Å². The summed E-state index contributed by atoms with van der Waals surface area (Å²) < 4.78 is 30.7. The summed E-state index contributed by atoms with van der Waals surface area (Å²) in [6.07, 6.45) is 4.30. The first-order chi connectivity index (χ1) is 15.8. The number of amides is 2. The van der Waals surface area contributed by atoms with E-state index in [1.165, 1.54) is 7.11 Å². The highest BCUT2D eigenvalue weighted by molar-refractivity contribution is 7.92. The van der Waals surface area contributed by atoms with E-state index >= 15 is 0 Å². The summed E-state index contributed by atoms with van der Waals surface area (Å²) in [4.78, 5) is 29.4. The van der Waals surface area contributed by atoms with Crippen LogP contribution in [0.25, 0.3) is 0 Å². The summed E-state index contributed by atoms with van der Waals surface area (Å²) in [6.45, 7) is -0.189. The minimum absolute atomic E-state index is 0.255. The van der Waals surface area contributed by atoms with Crippen molar-refractivity contribution in [3.05, 3.63) is 84.2 Å². The molecule has 0 aliphatic carbocycles. The minimum Gasteiger partial charge on any atom is -0.497 e. The van der Waals surface area contributed by atoms with Crippen LogP contribution in [0.2, 0.25) is 0 Å². The van der Waals surface area contributed by atoms with Gasteiger partial charge in [-0.05, 0) is 48.0 Å². The Hall–Kier alpha value is -3.92. The third-order valence-corrected chi connectivity index (χ3v) is 5.81. The Kier molecular flexibility index (Phi) is 7.62. The van der Waals surface area contributed by atoms with Gasteiger partial charge in [-0.2, -0.15) is 0 Å². The normalized spacial score (nSPS) is 10.8. The zero-order chi connectivity index (χ0) is 23.8. The first kappa shape index (κ1) is 23.7. The van der Waals surface area contributed by atoms with Crippen LogP contribution in [0.15, 0.2) is 73.1 Å². The molecule has 0 aliphatic rings. The number of benzene rings is 2. The van der Waals surface area contributed by atoms with Crippen LogP contribution in [0.5, 0.6) is 5.75 Å².